The Labute approximate surface area is 308 Å². The summed E-state index contributed by atoms with van der Waals surface area (Å²) in [6.07, 6.45) is 3.29. The average molecular weight is 708 g/mol. The van der Waals surface area contributed by atoms with Crippen LogP contribution in [0.5, 0.6) is 5.75 Å². The molecule has 4 amide bonds. The second-order valence-corrected chi connectivity index (χ2v) is 14.2. The highest BCUT2D eigenvalue weighted by atomic mass is 35.5. The standard InChI is InChI=1S/C44H38ClN3O4/c1-27-13-14-30(21-28(27)2)26-52-40-16-15-29(23-39(40)45)22-38-42(49)46-44(51)48(43(38)50)33-24-36-34(31-9-5-3-6-10-31)17-19-47-20-18-35(37(25-33)41(36)47)32-11-7-4-8-12-32/h3-16,21-25,34-35H,17-20,26H2,1-2H3,(H,46,49,51)/b38-22+/t34-,35-/m1/s1. The zero-order chi connectivity index (χ0) is 35.9. The molecular formula is C44H38ClN3O4. The molecule has 52 heavy (non-hydrogen) atoms. The molecule has 260 valence electrons. The number of nitrogens with zero attached hydrogens (tertiary/aromatic N) is 2. The second kappa shape index (κ2) is 13.8. The summed E-state index contributed by atoms with van der Waals surface area (Å²) in [6, 6.07) is 35.2. The molecule has 7 nitrogen and oxygen atoms in total. The molecule has 1 N–H and O–H groups in total. The van der Waals surface area contributed by atoms with Crippen LogP contribution >= 0.6 is 11.6 Å². The number of amides is 4. The number of anilines is 2. The van der Waals surface area contributed by atoms with Crippen molar-refractivity contribution in [3.8, 4) is 5.75 Å². The van der Waals surface area contributed by atoms with E-state index in [1.54, 1.807) is 18.2 Å². The summed E-state index contributed by atoms with van der Waals surface area (Å²) in [6.45, 7) is 6.31. The molecule has 0 aromatic heterocycles. The summed E-state index contributed by atoms with van der Waals surface area (Å²) in [5.41, 5.74) is 9.93. The minimum Gasteiger partial charge on any atom is -0.487 e. The van der Waals surface area contributed by atoms with Crippen molar-refractivity contribution in [1.82, 2.24) is 5.32 Å². The maximum Gasteiger partial charge on any atom is 0.335 e. The number of carbonyl (C=O) groups excluding carboxylic acids is 3. The molecule has 0 saturated carbocycles. The SMILES string of the molecule is Cc1ccc(COc2ccc(/C=C3\C(=O)NC(=O)N(c4cc5c6c(c4)[C@@H](c4ccccc4)CCN6CC[C@@H]5c4ccccc4)C3=O)cc2Cl)cc1C. The van der Waals surface area contributed by atoms with E-state index in [0.717, 1.165) is 47.5 Å². The molecule has 2 atom stereocenters. The molecule has 0 radical (unpaired) electrons. The van der Waals surface area contributed by atoms with E-state index in [0.29, 0.717) is 28.6 Å². The van der Waals surface area contributed by atoms with E-state index >= 15 is 0 Å². The van der Waals surface area contributed by atoms with E-state index in [9.17, 15) is 14.4 Å². The number of halogens is 1. The quantitative estimate of drug-likeness (QED) is 0.135. The summed E-state index contributed by atoms with van der Waals surface area (Å²) >= 11 is 6.63. The third-order valence-corrected chi connectivity index (χ3v) is 10.9. The van der Waals surface area contributed by atoms with Crippen molar-refractivity contribution in [3.63, 3.8) is 0 Å². The van der Waals surface area contributed by atoms with E-state index in [-0.39, 0.29) is 17.4 Å². The molecule has 0 spiro atoms. The van der Waals surface area contributed by atoms with Crippen LogP contribution in [0, 0.1) is 13.8 Å². The molecule has 8 rings (SSSR count). The van der Waals surface area contributed by atoms with Crippen molar-refractivity contribution in [1.29, 1.82) is 0 Å². The molecule has 0 unspecified atom stereocenters. The first-order valence-electron chi connectivity index (χ1n) is 17.7. The van der Waals surface area contributed by atoms with Crippen LogP contribution in [-0.2, 0) is 16.2 Å². The molecule has 0 bridgehead atoms. The van der Waals surface area contributed by atoms with Crippen LogP contribution in [0.15, 0.2) is 115 Å². The van der Waals surface area contributed by atoms with Gasteiger partial charge in [0.1, 0.15) is 17.9 Å². The number of hydrogen-bond donors (Lipinski definition) is 1. The lowest BCUT2D eigenvalue weighted by molar-refractivity contribution is -0.122. The van der Waals surface area contributed by atoms with E-state index in [2.05, 4.69) is 60.5 Å². The minimum absolute atomic E-state index is 0.0816. The van der Waals surface area contributed by atoms with Crippen LogP contribution in [-0.4, -0.2) is 30.9 Å². The largest absolute Gasteiger partial charge is 0.487 e. The molecule has 5 aromatic carbocycles. The number of carbonyl (C=O) groups is 3. The lowest BCUT2D eigenvalue weighted by Gasteiger charge is -2.44. The molecule has 5 aromatic rings. The zero-order valence-corrected chi connectivity index (χ0v) is 29.8. The van der Waals surface area contributed by atoms with Crippen molar-refractivity contribution in [2.75, 3.05) is 22.9 Å². The fourth-order valence-electron chi connectivity index (χ4n) is 7.81. The summed E-state index contributed by atoms with van der Waals surface area (Å²) in [4.78, 5) is 44.6. The molecule has 3 heterocycles. The van der Waals surface area contributed by atoms with Crippen LogP contribution in [0.1, 0.15) is 69.2 Å². The molecule has 3 aliphatic rings. The maximum absolute atomic E-state index is 14.3. The van der Waals surface area contributed by atoms with E-state index < -0.39 is 17.8 Å². The fraction of sp³-hybridized carbons (Fsp3) is 0.205. The lowest BCUT2D eigenvalue weighted by Crippen LogP contribution is -2.54. The number of ether oxygens (including phenoxy) is 1. The van der Waals surface area contributed by atoms with Gasteiger partial charge in [-0.2, -0.15) is 0 Å². The van der Waals surface area contributed by atoms with Crippen molar-refractivity contribution in [2.45, 2.75) is 45.1 Å². The third-order valence-electron chi connectivity index (χ3n) is 10.6. The van der Waals surface area contributed by atoms with Gasteiger partial charge >= 0.3 is 6.03 Å². The molecule has 1 fully saturated rings. The van der Waals surface area contributed by atoms with Crippen LogP contribution in [0.4, 0.5) is 16.2 Å². The number of hydrogen-bond acceptors (Lipinski definition) is 5. The number of nitrogens with one attached hydrogen (secondary N) is 1. The summed E-state index contributed by atoms with van der Waals surface area (Å²) < 4.78 is 6.00. The normalized spacial score (nSPS) is 19.1. The van der Waals surface area contributed by atoms with Crippen molar-refractivity contribution in [3.05, 3.63) is 164 Å². The Hall–Kier alpha value is -5.66. The number of rotatable bonds is 7. The van der Waals surface area contributed by atoms with Crippen molar-refractivity contribution in [2.24, 2.45) is 0 Å². The number of imide groups is 2. The van der Waals surface area contributed by atoms with Gasteiger partial charge < -0.3 is 9.64 Å². The van der Waals surface area contributed by atoms with Crippen LogP contribution in [0.2, 0.25) is 5.02 Å². The van der Waals surface area contributed by atoms with Gasteiger partial charge in [-0.15, -0.1) is 0 Å². The monoisotopic (exact) mass is 707 g/mol. The number of barbiturate groups is 1. The van der Waals surface area contributed by atoms with E-state index in [1.165, 1.54) is 34.0 Å². The van der Waals surface area contributed by atoms with Gasteiger partial charge in [-0.1, -0.05) is 96.5 Å². The first-order chi connectivity index (χ1) is 25.2. The first kappa shape index (κ1) is 33.5. The summed E-state index contributed by atoms with van der Waals surface area (Å²) in [5.74, 6) is -0.803. The highest BCUT2D eigenvalue weighted by molar-refractivity contribution is 6.39. The Balaban J connectivity index is 1.15. The van der Waals surface area contributed by atoms with Crippen LogP contribution in [0.3, 0.4) is 0 Å². The van der Waals surface area contributed by atoms with Gasteiger partial charge in [0.25, 0.3) is 11.8 Å². The predicted molar refractivity (Wildman–Crippen MR) is 205 cm³/mol. The van der Waals surface area contributed by atoms with Crippen LogP contribution < -0.4 is 19.9 Å². The second-order valence-electron chi connectivity index (χ2n) is 13.8. The van der Waals surface area contributed by atoms with Gasteiger partial charge in [-0.3, -0.25) is 14.9 Å². The topological polar surface area (TPSA) is 79.0 Å². The average Bonchev–Trinajstić information content (AvgIpc) is 3.15. The fourth-order valence-corrected chi connectivity index (χ4v) is 8.05. The number of urea groups is 1. The zero-order valence-electron chi connectivity index (χ0n) is 29.1. The lowest BCUT2D eigenvalue weighted by atomic mass is 9.76. The predicted octanol–water partition coefficient (Wildman–Crippen LogP) is 9.08. The first-order valence-corrected chi connectivity index (χ1v) is 18.1. The van der Waals surface area contributed by atoms with Gasteiger partial charge in [0.15, 0.2) is 0 Å². The van der Waals surface area contributed by atoms with Crippen molar-refractivity contribution >= 4 is 46.9 Å². The summed E-state index contributed by atoms with van der Waals surface area (Å²) in [5, 5.41) is 2.76. The van der Waals surface area contributed by atoms with Gasteiger partial charge in [0, 0.05) is 30.6 Å². The Morgan fingerprint density at radius 1 is 0.769 bits per heavy atom. The number of aryl methyl sites for hydroxylation is 2. The Bertz CT molecular complexity index is 2180. The van der Waals surface area contributed by atoms with Gasteiger partial charge in [0.2, 0.25) is 0 Å². The Kier molecular flexibility index (Phi) is 8.89. The molecular weight excluding hydrogens is 670 g/mol. The maximum atomic E-state index is 14.3. The van der Waals surface area contributed by atoms with E-state index in [4.69, 9.17) is 16.3 Å². The summed E-state index contributed by atoms with van der Waals surface area (Å²) in [7, 11) is 0. The minimum atomic E-state index is -0.775. The highest BCUT2D eigenvalue weighted by Crippen LogP contribution is 2.50. The molecule has 1 saturated heterocycles. The molecule has 0 aliphatic carbocycles. The Morgan fingerprint density at radius 2 is 1.40 bits per heavy atom. The third kappa shape index (κ3) is 6.26. The molecule has 8 heteroatoms. The van der Waals surface area contributed by atoms with Crippen LogP contribution in [0.25, 0.3) is 6.08 Å². The van der Waals surface area contributed by atoms with Crippen molar-refractivity contribution < 1.29 is 19.1 Å². The highest BCUT2D eigenvalue weighted by Gasteiger charge is 2.40. The van der Waals surface area contributed by atoms with Gasteiger partial charge in [-0.25, -0.2) is 9.69 Å². The smallest absolute Gasteiger partial charge is 0.335 e. The Morgan fingerprint density at radius 3 is 2.00 bits per heavy atom. The van der Waals surface area contributed by atoms with Gasteiger partial charge in [-0.05, 0) is 102 Å². The van der Waals surface area contributed by atoms with E-state index in [1.807, 2.05) is 54.6 Å². The van der Waals surface area contributed by atoms with Gasteiger partial charge in [0.05, 0.1) is 10.7 Å². The molecule has 3 aliphatic heterocycles. The number of benzene rings is 5.